The van der Waals surface area contributed by atoms with Gasteiger partial charge in [-0.05, 0) is 18.2 Å². The van der Waals surface area contributed by atoms with Gasteiger partial charge in [-0.2, -0.15) is 0 Å². The Kier molecular flexibility index (Phi) is 5.36. The van der Waals surface area contributed by atoms with Crippen molar-refractivity contribution >= 4 is 6.08 Å². The SMILES string of the molecule is COC=Cc1ccc(F)cc1OCCOC. The molecule has 1 aromatic carbocycles. The molecule has 0 heterocycles. The number of benzene rings is 1. The first-order valence-electron chi connectivity index (χ1n) is 4.88. The molecule has 88 valence electrons. The van der Waals surface area contributed by atoms with E-state index in [1.54, 1.807) is 26.4 Å². The van der Waals surface area contributed by atoms with E-state index in [1.165, 1.54) is 18.4 Å². The Labute approximate surface area is 94.4 Å². The van der Waals surface area contributed by atoms with E-state index >= 15 is 0 Å². The van der Waals surface area contributed by atoms with Crippen LogP contribution in [0.3, 0.4) is 0 Å². The minimum atomic E-state index is -0.331. The monoisotopic (exact) mass is 226 g/mol. The van der Waals surface area contributed by atoms with Crippen molar-refractivity contribution < 1.29 is 18.6 Å². The summed E-state index contributed by atoms with van der Waals surface area (Å²) in [5.74, 6) is 0.146. The molecule has 0 fully saturated rings. The zero-order valence-electron chi connectivity index (χ0n) is 9.40. The average molecular weight is 226 g/mol. The molecule has 1 rings (SSSR count). The van der Waals surface area contributed by atoms with Gasteiger partial charge >= 0.3 is 0 Å². The smallest absolute Gasteiger partial charge is 0.129 e. The third kappa shape index (κ3) is 3.90. The fraction of sp³-hybridized carbons (Fsp3) is 0.333. The molecule has 0 aliphatic heterocycles. The predicted octanol–water partition coefficient (Wildman–Crippen LogP) is 2.47. The van der Waals surface area contributed by atoms with Gasteiger partial charge in [0.05, 0.1) is 20.0 Å². The van der Waals surface area contributed by atoms with E-state index in [0.717, 1.165) is 5.56 Å². The van der Waals surface area contributed by atoms with E-state index in [4.69, 9.17) is 14.2 Å². The van der Waals surface area contributed by atoms with Crippen molar-refractivity contribution in [3.63, 3.8) is 0 Å². The molecule has 0 N–H and O–H groups in total. The third-order valence-electron chi connectivity index (χ3n) is 1.90. The first kappa shape index (κ1) is 12.5. The summed E-state index contributed by atoms with van der Waals surface area (Å²) in [6.45, 7) is 0.845. The van der Waals surface area contributed by atoms with Crippen molar-refractivity contribution in [3.8, 4) is 5.75 Å². The molecule has 1 aromatic rings. The van der Waals surface area contributed by atoms with Gasteiger partial charge in [-0.25, -0.2) is 4.39 Å². The first-order chi connectivity index (χ1) is 7.77. The largest absolute Gasteiger partial charge is 0.504 e. The molecule has 16 heavy (non-hydrogen) atoms. The van der Waals surface area contributed by atoms with Crippen molar-refractivity contribution in [2.75, 3.05) is 27.4 Å². The summed E-state index contributed by atoms with van der Waals surface area (Å²) >= 11 is 0. The molecule has 0 radical (unpaired) electrons. The molecule has 0 aromatic heterocycles. The molecule has 4 heteroatoms. The standard InChI is InChI=1S/C12H15FO3/c1-14-6-5-10-3-4-11(13)9-12(10)16-8-7-15-2/h3-6,9H,7-8H2,1-2H3. The van der Waals surface area contributed by atoms with Crippen LogP contribution in [0.5, 0.6) is 5.75 Å². The summed E-state index contributed by atoms with van der Waals surface area (Å²) in [7, 11) is 3.13. The van der Waals surface area contributed by atoms with E-state index < -0.39 is 0 Å². The Hall–Kier alpha value is -1.55. The van der Waals surface area contributed by atoms with Crippen LogP contribution < -0.4 is 4.74 Å². The lowest BCUT2D eigenvalue weighted by molar-refractivity contribution is 0.146. The second-order valence-electron chi connectivity index (χ2n) is 3.06. The first-order valence-corrected chi connectivity index (χ1v) is 4.88. The molecule has 0 aliphatic rings. The van der Waals surface area contributed by atoms with Crippen molar-refractivity contribution in [1.82, 2.24) is 0 Å². The van der Waals surface area contributed by atoms with Crippen LogP contribution in [0.2, 0.25) is 0 Å². The number of halogens is 1. The fourth-order valence-corrected chi connectivity index (χ4v) is 1.15. The van der Waals surface area contributed by atoms with Crippen LogP contribution in [0, 0.1) is 5.82 Å². The molecular formula is C12H15FO3. The fourth-order valence-electron chi connectivity index (χ4n) is 1.15. The second-order valence-corrected chi connectivity index (χ2v) is 3.06. The van der Waals surface area contributed by atoms with Crippen LogP contribution in [-0.2, 0) is 9.47 Å². The van der Waals surface area contributed by atoms with Crippen LogP contribution in [0.15, 0.2) is 24.5 Å². The summed E-state index contributed by atoms with van der Waals surface area (Å²) in [5.41, 5.74) is 0.763. The zero-order chi connectivity index (χ0) is 11.8. The molecule has 0 amide bonds. The lowest BCUT2D eigenvalue weighted by Crippen LogP contribution is -2.05. The van der Waals surface area contributed by atoms with E-state index in [1.807, 2.05) is 0 Å². The maximum Gasteiger partial charge on any atom is 0.129 e. The maximum absolute atomic E-state index is 13.0. The molecule has 0 bridgehead atoms. The Morgan fingerprint density at radius 1 is 1.25 bits per heavy atom. The van der Waals surface area contributed by atoms with Crippen LogP contribution in [0.25, 0.3) is 6.08 Å². The van der Waals surface area contributed by atoms with Crippen molar-refractivity contribution in [2.24, 2.45) is 0 Å². The van der Waals surface area contributed by atoms with Crippen LogP contribution in [-0.4, -0.2) is 27.4 Å². The Morgan fingerprint density at radius 3 is 2.75 bits per heavy atom. The maximum atomic E-state index is 13.0. The van der Waals surface area contributed by atoms with Gasteiger partial charge < -0.3 is 14.2 Å². The second kappa shape index (κ2) is 6.85. The molecule has 0 aliphatic carbocycles. The number of hydrogen-bond acceptors (Lipinski definition) is 3. The summed E-state index contributed by atoms with van der Waals surface area (Å²) < 4.78 is 28.1. The number of methoxy groups -OCH3 is 2. The molecule has 0 saturated carbocycles. The van der Waals surface area contributed by atoms with E-state index in [2.05, 4.69) is 0 Å². The summed E-state index contributed by atoms with van der Waals surface area (Å²) in [6, 6.07) is 4.34. The normalized spacial score (nSPS) is 10.7. The quantitative estimate of drug-likeness (QED) is 0.551. The molecule has 3 nitrogen and oxygen atoms in total. The van der Waals surface area contributed by atoms with Gasteiger partial charge in [0.25, 0.3) is 0 Å². The van der Waals surface area contributed by atoms with E-state index in [0.29, 0.717) is 19.0 Å². The molecule has 0 unspecified atom stereocenters. The predicted molar refractivity (Wildman–Crippen MR) is 59.8 cm³/mol. The van der Waals surface area contributed by atoms with Crippen LogP contribution >= 0.6 is 0 Å². The van der Waals surface area contributed by atoms with Crippen molar-refractivity contribution in [3.05, 3.63) is 35.8 Å². The molecule has 0 spiro atoms. The Balaban J connectivity index is 2.77. The number of rotatable bonds is 6. The van der Waals surface area contributed by atoms with E-state index in [-0.39, 0.29) is 5.82 Å². The molecular weight excluding hydrogens is 211 g/mol. The van der Waals surface area contributed by atoms with E-state index in [9.17, 15) is 4.39 Å². The summed E-state index contributed by atoms with van der Waals surface area (Å²) in [4.78, 5) is 0. The zero-order valence-corrected chi connectivity index (χ0v) is 9.40. The molecule has 0 atom stereocenters. The topological polar surface area (TPSA) is 27.7 Å². The minimum absolute atomic E-state index is 0.331. The van der Waals surface area contributed by atoms with Gasteiger partial charge in [0.15, 0.2) is 0 Å². The Morgan fingerprint density at radius 2 is 2.06 bits per heavy atom. The molecule has 0 saturated heterocycles. The number of hydrogen-bond donors (Lipinski definition) is 0. The highest BCUT2D eigenvalue weighted by Gasteiger charge is 2.02. The van der Waals surface area contributed by atoms with Gasteiger partial charge in [0, 0.05) is 18.7 Å². The van der Waals surface area contributed by atoms with Gasteiger partial charge in [-0.3, -0.25) is 0 Å². The summed E-state index contributed by atoms with van der Waals surface area (Å²) in [6.07, 6.45) is 3.22. The highest BCUT2D eigenvalue weighted by atomic mass is 19.1. The Bertz CT molecular complexity index is 350. The van der Waals surface area contributed by atoms with Gasteiger partial charge in [-0.15, -0.1) is 0 Å². The highest BCUT2D eigenvalue weighted by Crippen LogP contribution is 2.21. The van der Waals surface area contributed by atoms with Crippen molar-refractivity contribution in [2.45, 2.75) is 0 Å². The average Bonchev–Trinajstić information content (AvgIpc) is 2.28. The van der Waals surface area contributed by atoms with Crippen molar-refractivity contribution in [1.29, 1.82) is 0 Å². The summed E-state index contributed by atoms with van der Waals surface area (Å²) in [5, 5.41) is 0. The van der Waals surface area contributed by atoms with Gasteiger partial charge in [-0.1, -0.05) is 0 Å². The lowest BCUT2D eigenvalue weighted by Gasteiger charge is -2.08. The van der Waals surface area contributed by atoms with Crippen LogP contribution in [0.4, 0.5) is 4.39 Å². The third-order valence-corrected chi connectivity index (χ3v) is 1.90. The van der Waals surface area contributed by atoms with Gasteiger partial charge in [0.1, 0.15) is 18.2 Å². The van der Waals surface area contributed by atoms with Crippen LogP contribution in [0.1, 0.15) is 5.56 Å². The highest BCUT2D eigenvalue weighted by molar-refractivity contribution is 5.56. The minimum Gasteiger partial charge on any atom is -0.504 e. The lowest BCUT2D eigenvalue weighted by atomic mass is 10.2. The number of ether oxygens (including phenoxy) is 3. The van der Waals surface area contributed by atoms with Gasteiger partial charge in [0.2, 0.25) is 0 Å².